The van der Waals surface area contributed by atoms with Crippen LogP contribution in [0.1, 0.15) is 37.3 Å². The zero-order valence-corrected chi connectivity index (χ0v) is 16.7. The van der Waals surface area contributed by atoms with Crippen LogP contribution < -0.4 is 10.6 Å². The molecule has 0 spiro atoms. The van der Waals surface area contributed by atoms with Gasteiger partial charge in [0.15, 0.2) is 0 Å². The minimum Gasteiger partial charge on any atom is -0.342 e. The van der Waals surface area contributed by atoms with Gasteiger partial charge in [0.25, 0.3) is 0 Å². The van der Waals surface area contributed by atoms with Gasteiger partial charge in [0, 0.05) is 31.4 Å². The number of anilines is 1. The van der Waals surface area contributed by atoms with Gasteiger partial charge in [-0.05, 0) is 69.2 Å². The van der Waals surface area contributed by atoms with Crippen LogP contribution >= 0.6 is 12.4 Å². The zero-order chi connectivity index (χ0) is 18.1. The first-order valence-corrected chi connectivity index (χ1v) is 9.31. The van der Waals surface area contributed by atoms with Crippen molar-refractivity contribution in [1.29, 1.82) is 0 Å². The van der Waals surface area contributed by atoms with E-state index in [0.717, 1.165) is 36.2 Å². The van der Waals surface area contributed by atoms with Crippen molar-refractivity contribution >= 4 is 29.9 Å². The molecule has 26 heavy (non-hydrogen) atoms. The number of aryl methyl sites for hydroxylation is 2. The number of carbonyl (C=O) groups is 2. The lowest BCUT2D eigenvalue weighted by Gasteiger charge is -2.35. The maximum Gasteiger partial charge on any atom is 0.239 e. The third-order valence-corrected chi connectivity index (χ3v) is 5.53. The molecule has 0 aliphatic carbocycles. The molecule has 2 saturated heterocycles. The second kappa shape index (κ2) is 8.40. The SMILES string of the molecule is Cc1cc(C)cc(N2CCC(C(=O)N3CCCC(C(C)N)C3)C2=O)c1.Cl. The summed E-state index contributed by atoms with van der Waals surface area (Å²) in [7, 11) is 0. The number of amides is 2. The van der Waals surface area contributed by atoms with Gasteiger partial charge in [0.1, 0.15) is 5.92 Å². The Morgan fingerprint density at radius 3 is 2.42 bits per heavy atom. The van der Waals surface area contributed by atoms with E-state index < -0.39 is 5.92 Å². The molecule has 2 aliphatic heterocycles. The second-order valence-corrected chi connectivity index (χ2v) is 7.72. The first kappa shape index (κ1) is 20.7. The average molecular weight is 380 g/mol. The van der Waals surface area contributed by atoms with Gasteiger partial charge < -0.3 is 15.5 Å². The summed E-state index contributed by atoms with van der Waals surface area (Å²) in [5, 5.41) is 0. The molecule has 3 rings (SSSR count). The third kappa shape index (κ3) is 4.21. The minimum atomic E-state index is -0.535. The highest BCUT2D eigenvalue weighted by atomic mass is 35.5. The largest absolute Gasteiger partial charge is 0.342 e. The van der Waals surface area contributed by atoms with Crippen molar-refractivity contribution in [3.8, 4) is 0 Å². The minimum absolute atomic E-state index is 0. The van der Waals surface area contributed by atoms with E-state index in [0.29, 0.717) is 25.4 Å². The third-order valence-electron chi connectivity index (χ3n) is 5.53. The summed E-state index contributed by atoms with van der Waals surface area (Å²) in [5.41, 5.74) is 9.20. The molecule has 0 radical (unpaired) electrons. The highest BCUT2D eigenvalue weighted by Gasteiger charge is 2.40. The van der Waals surface area contributed by atoms with E-state index in [2.05, 4.69) is 6.07 Å². The maximum atomic E-state index is 12.9. The number of likely N-dealkylation sites (tertiary alicyclic amines) is 1. The number of halogens is 1. The number of nitrogens with zero attached hydrogens (tertiary/aromatic N) is 2. The Balaban J connectivity index is 0.00000243. The molecule has 144 valence electrons. The summed E-state index contributed by atoms with van der Waals surface area (Å²) in [6.07, 6.45) is 2.64. The van der Waals surface area contributed by atoms with Crippen molar-refractivity contribution in [1.82, 2.24) is 4.90 Å². The Morgan fingerprint density at radius 1 is 1.15 bits per heavy atom. The predicted molar refractivity (Wildman–Crippen MR) is 107 cm³/mol. The number of carbonyl (C=O) groups excluding carboxylic acids is 2. The van der Waals surface area contributed by atoms with E-state index in [1.807, 2.05) is 37.8 Å². The topological polar surface area (TPSA) is 66.6 Å². The van der Waals surface area contributed by atoms with Crippen LogP contribution in [0.3, 0.4) is 0 Å². The Kier molecular flexibility index (Phi) is 6.69. The van der Waals surface area contributed by atoms with Crippen molar-refractivity contribution in [2.45, 2.75) is 46.1 Å². The molecular formula is C20H30ClN3O2. The van der Waals surface area contributed by atoms with Crippen molar-refractivity contribution in [2.24, 2.45) is 17.6 Å². The molecule has 2 fully saturated rings. The van der Waals surface area contributed by atoms with Gasteiger partial charge in [-0.25, -0.2) is 0 Å². The van der Waals surface area contributed by atoms with Crippen LogP contribution in [0.2, 0.25) is 0 Å². The molecule has 1 aromatic rings. The Hall–Kier alpha value is -1.59. The maximum absolute atomic E-state index is 12.9. The molecule has 3 unspecified atom stereocenters. The molecular weight excluding hydrogens is 350 g/mol. The van der Waals surface area contributed by atoms with Gasteiger partial charge in [-0.15, -0.1) is 12.4 Å². The summed E-state index contributed by atoms with van der Waals surface area (Å²) >= 11 is 0. The van der Waals surface area contributed by atoms with Gasteiger partial charge in [-0.3, -0.25) is 9.59 Å². The van der Waals surface area contributed by atoms with E-state index in [-0.39, 0.29) is 30.3 Å². The first-order chi connectivity index (χ1) is 11.9. The summed E-state index contributed by atoms with van der Waals surface area (Å²) in [6.45, 7) is 8.10. The molecule has 0 bridgehead atoms. The first-order valence-electron chi connectivity index (χ1n) is 9.31. The Bertz CT molecular complexity index is 657. The Labute approximate surface area is 162 Å². The fourth-order valence-corrected chi connectivity index (χ4v) is 4.13. The van der Waals surface area contributed by atoms with E-state index >= 15 is 0 Å². The number of nitrogens with two attached hydrogens (primary N) is 1. The van der Waals surface area contributed by atoms with Crippen molar-refractivity contribution in [3.63, 3.8) is 0 Å². The monoisotopic (exact) mass is 379 g/mol. The van der Waals surface area contributed by atoms with Gasteiger partial charge in [0.05, 0.1) is 0 Å². The quantitative estimate of drug-likeness (QED) is 0.821. The van der Waals surface area contributed by atoms with Crippen molar-refractivity contribution in [2.75, 3.05) is 24.5 Å². The molecule has 5 nitrogen and oxygen atoms in total. The van der Waals surface area contributed by atoms with Crippen LogP contribution in [0.15, 0.2) is 18.2 Å². The molecule has 0 saturated carbocycles. The number of hydrogen-bond donors (Lipinski definition) is 1. The smallest absolute Gasteiger partial charge is 0.239 e. The molecule has 0 aromatic heterocycles. The normalized spacial score (nSPS) is 24.4. The van der Waals surface area contributed by atoms with Gasteiger partial charge in [0.2, 0.25) is 11.8 Å². The van der Waals surface area contributed by atoms with E-state index in [1.54, 1.807) is 4.90 Å². The van der Waals surface area contributed by atoms with E-state index in [9.17, 15) is 9.59 Å². The number of piperidine rings is 1. The lowest BCUT2D eigenvalue weighted by atomic mass is 9.91. The van der Waals surface area contributed by atoms with Gasteiger partial charge in [-0.2, -0.15) is 0 Å². The molecule has 2 aliphatic rings. The molecule has 2 N–H and O–H groups in total. The molecule has 6 heteroatoms. The van der Waals surface area contributed by atoms with Crippen LogP contribution in [-0.2, 0) is 9.59 Å². The number of rotatable bonds is 3. The molecule has 3 atom stereocenters. The van der Waals surface area contributed by atoms with Crippen LogP contribution in [0.4, 0.5) is 5.69 Å². The molecule has 2 heterocycles. The summed E-state index contributed by atoms with van der Waals surface area (Å²) < 4.78 is 0. The van der Waals surface area contributed by atoms with E-state index in [1.165, 1.54) is 0 Å². The Morgan fingerprint density at radius 2 is 1.81 bits per heavy atom. The van der Waals surface area contributed by atoms with Crippen LogP contribution in [0.5, 0.6) is 0 Å². The fraction of sp³-hybridized carbons (Fsp3) is 0.600. The standard InChI is InChI=1S/C20H29N3O2.ClH/c1-13-9-14(2)11-17(10-13)23-8-6-18(20(23)25)19(24)22-7-4-5-16(12-22)15(3)21;/h9-11,15-16,18H,4-8,12,21H2,1-3H3;1H. The zero-order valence-electron chi connectivity index (χ0n) is 15.9. The van der Waals surface area contributed by atoms with Crippen LogP contribution in [0.25, 0.3) is 0 Å². The summed E-state index contributed by atoms with van der Waals surface area (Å²) in [6, 6.07) is 6.21. The fourth-order valence-electron chi connectivity index (χ4n) is 4.13. The van der Waals surface area contributed by atoms with Crippen LogP contribution in [0, 0.1) is 25.7 Å². The van der Waals surface area contributed by atoms with Crippen molar-refractivity contribution in [3.05, 3.63) is 29.3 Å². The van der Waals surface area contributed by atoms with Gasteiger partial charge >= 0.3 is 0 Å². The highest BCUT2D eigenvalue weighted by molar-refractivity contribution is 6.09. The average Bonchev–Trinajstić information content (AvgIpc) is 2.95. The van der Waals surface area contributed by atoms with Crippen molar-refractivity contribution < 1.29 is 9.59 Å². The second-order valence-electron chi connectivity index (χ2n) is 7.72. The lowest BCUT2D eigenvalue weighted by Crippen LogP contribution is -2.48. The predicted octanol–water partition coefficient (Wildman–Crippen LogP) is 2.66. The van der Waals surface area contributed by atoms with Crippen LogP contribution in [-0.4, -0.2) is 42.4 Å². The summed E-state index contributed by atoms with van der Waals surface area (Å²) in [5.74, 6) is -0.266. The summed E-state index contributed by atoms with van der Waals surface area (Å²) in [4.78, 5) is 29.4. The molecule has 1 aromatic carbocycles. The highest BCUT2D eigenvalue weighted by Crippen LogP contribution is 2.29. The molecule has 2 amide bonds. The lowest BCUT2D eigenvalue weighted by molar-refractivity contribution is -0.141. The number of benzene rings is 1. The van der Waals surface area contributed by atoms with E-state index in [4.69, 9.17) is 5.73 Å². The van der Waals surface area contributed by atoms with Gasteiger partial charge in [-0.1, -0.05) is 6.07 Å². The number of hydrogen-bond acceptors (Lipinski definition) is 3.